The summed E-state index contributed by atoms with van der Waals surface area (Å²) in [4.78, 5) is 25.5. The van der Waals surface area contributed by atoms with E-state index in [1.54, 1.807) is 4.90 Å². The van der Waals surface area contributed by atoms with Gasteiger partial charge < -0.3 is 15.3 Å². The number of carbonyl (C=O) groups is 2. The van der Waals surface area contributed by atoms with Gasteiger partial charge in [0.05, 0.1) is 11.5 Å². The van der Waals surface area contributed by atoms with E-state index in [1.807, 2.05) is 13.8 Å². The minimum absolute atomic E-state index is 0.0961. The minimum Gasteiger partial charge on any atom is -0.481 e. The molecule has 2 aliphatic heterocycles. The van der Waals surface area contributed by atoms with Gasteiger partial charge >= 0.3 is 5.97 Å². The van der Waals surface area contributed by atoms with Gasteiger partial charge in [0.25, 0.3) is 0 Å². The van der Waals surface area contributed by atoms with Crippen LogP contribution in [-0.2, 0) is 9.59 Å². The number of carboxylic acid groups (broad SMARTS) is 1. The Balaban J connectivity index is 2.12. The van der Waals surface area contributed by atoms with Gasteiger partial charge in [-0.25, -0.2) is 0 Å². The molecule has 2 rings (SSSR count). The second-order valence-corrected chi connectivity index (χ2v) is 5.44. The number of aliphatic carboxylic acids is 1. The smallest absolute Gasteiger partial charge is 0.308 e. The van der Waals surface area contributed by atoms with E-state index in [-0.39, 0.29) is 11.9 Å². The number of hydrogen-bond donors (Lipinski definition) is 2. The highest BCUT2D eigenvalue weighted by Crippen LogP contribution is 2.31. The van der Waals surface area contributed by atoms with E-state index >= 15 is 0 Å². The molecule has 0 aromatic heterocycles. The molecule has 3 unspecified atom stereocenters. The summed E-state index contributed by atoms with van der Waals surface area (Å²) in [5, 5.41) is 12.4. The second kappa shape index (κ2) is 4.88. The van der Waals surface area contributed by atoms with Gasteiger partial charge in [0.1, 0.15) is 0 Å². The minimum atomic E-state index is -0.789. The Morgan fingerprint density at radius 1 is 1.50 bits per heavy atom. The summed E-state index contributed by atoms with van der Waals surface area (Å²) in [6.45, 7) is 5.32. The maximum atomic E-state index is 12.6. The average Bonchev–Trinajstić information content (AvgIpc) is 2.95. The fourth-order valence-electron chi connectivity index (χ4n) is 3.27. The number of nitrogens with one attached hydrogen (secondary N) is 1. The van der Waals surface area contributed by atoms with Crippen molar-refractivity contribution in [3.63, 3.8) is 0 Å². The van der Waals surface area contributed by atoms with Crippen LogP contribution in [0.3, 0.4) is 0 Å². The molecule has 0 radical (unpaired) electrons. The first-order valence-electron chi connectivity index (χ1n) is 6.81. The first-order chi connectivity index (χ1) is 8.52. The normalized spacial score (nSPS) is 36.0. The van der Waals surface area contributed by atoms with Gasteiger partial charge in [0.15, 0.2) is 0 Å². The maximum absolute atomic E-state index is 12.6. The van der Waals surface area contributed by atoms with Crippen LogP contribution in [0.5, 0.6) is 0 Å². The number of carboxylic acids is 1. The van der Waals surface area contributed by atoms with Crippen molar-refractivity contribution in [1.82, 2.24) is 10.2 Å². The van der Waals surface area contributed by atoms with Crippen LogP contribution < -0.4 is 5.32 Å². The Hall–Kier alpha value is -1.10. The summed E-state index contributed by atoms with van der Waals surface area (Å²) in [6.07, 6.45) is 3.22. The predicted molar refractivity (Wildman–Crippen MR) is 67.2 cm³/mol. The first-order valence-corrected chi connectivity index (χ1v) is 6.81. The molecule has 2 saturated heterocycles. The number of rotatable bonds is 3. The molecule has 5 nitrogen and oxygen atoms in total. The molecule has 0 saturated carbocycles. The summed E-state index contributed by atoms with van der Waals surface area (Å²) in [5.41, 5.74) is -0.443. The van der Waals surface area contributed by atoms with E-state index in [0.717, 1.165) is 25.8 Å². The summed E-state index contributed by atoms with van der Waals surface area (Å²) in [6, 6.07) is -0.194. The van der Waals surface area contributed by atoms with Crippen molar-refractivity contribution in [1.29, 1.82) is 0 Å². The van der Waals surface area contributed by atoms with Crippen molar-refractivity contribution in [3.8, 4) is 0 Å². The fourth-order valence-corrected chi connectivity index (χ4v) is 3.27. The van der Waals surface area contributed by atoms with Gasteiger partial charge in [-0.05, 0) is 39.2 Å². The maximum Gasteiger partial charge on any atom is 0.308 e. The largest absolute Gasteiger partial charge is 0.481 e. The zero-order chi connectivity index (χ0) is 13.3. The SMILES string of the molecule is CCC1(C(=O)N2CCC(C(=O)O)C2C)CCCN1. The molecule has 0 aromatic rings. The molecule has 1 amide bonds. The summed E-state index contributed by atoms with van der Waals surface area (Å²) >= 11 is 0. The van der Waals surface area contributed by atoms with Crippen LogP contribution in [0, 0.1) is 5.92 Å². The lowest BCUT2D eigenvalue weighted by Crippen LogP contribution is -2.55. The number of hydrogen-bond acceptors (Lipinski definition) is 3. The van der Waals surface area contributed by atoms with Gasteiger partial charge in [-0.15, -0.1) is 0 Å². The van der Waals surface area contributed by atoms with Gasteiger partial charge in [0.2, 0.25) is 5.91 Å². The third-order valence-electron chi connectivity index (χ3n) is 4.59. The Kier molecular flexibility index (Phi) is 3.61. The van der Waals surface area contributed by atoms with E-state index in [4.69, 9.17) is 5.11 Å². The molecule has 0 bridgehead atoms. The van der Waals surface area contributed by atoms with E-state index in [9.17, 15) is 9.59 Å². The Morgan fingerprint density at radius 2 is 2.22 bits per heavy atom. The lowest BCUT2D eigenvalue weighted by Gasteiger charge is -2.34. The van der Waals surface area contributed by atoms with Gasteiger partial charge in [0, 0.05) is 12.6 Å². The van der Waals surface area contributed by atoms with Gasteiger partial charge in [-0.3, -0.25) is 9.59 Å². The van der Waals surface area contributed by atoms with Crippen molar-refractivity contribution in [2.75, 3.05) is 13.1 Å². The summed E-state index contributed by atoms with van der Waals surface area (Å²) in [7, 11) is 0. The molecule has 102 valence electrons. The number of carbonyl (C=O) groups excluding carboxylic acids is 1. The van der Waals surface area contributed by atoms with Gasteiger partial charge in [-0.1, -0.05) is 6.92 Å². The van der Waals surface area contributed by atoms with Crippen LogP contribution in [0.4, 0.5) is 0 Å². The highest BCUT2D eigenvalue weighted by molar-refractivity contribution is 5.88. The predicted octanol–water partition coefficient (Wildman–Crippen LogP) is 0.840. The van der Waals surface area contributed by atoms with E-state index in [2.05, 4.69) is 5.32 Å². The second-order valence-electron chi connectivity index (χ2n) is 5.44. The standard InChI is InChI=1S/C13H22N2O3/c1-3-13(6-4-7-14-13)12(18)15-8-5-10(9(15)2)11(16)17/h9-10,14H,3-8H2,1-2H3,(H,16,17). The molecular weight excluding hydrogens is 232 g/mol. The molecule has 3 atom stereocenters. The number of nitrogens with zero attached hydrogens (tertiary/aromatic N) is 1. The molecule has 0 aliphatic carbocycles. The average molecular weight is 254 g/mol. The van der Waals surface area contributed by atoms with Crippen molar-refractivity contribution >= 4 is 11.9 Å². The van der Waals surface area contributed by atoms with Gasteiger partial charge in [-0.2, -0.15) is 0 Å². The molecule has 5 heteroatoms. The van der Waals surface area contributed by atoms with Crippen LogP contribution in [0.1, 0.15) is 39.5 Å². The molecular formula is C13H22N2O3. The van der Waals surface area contributed by atoms with Crippen LogP contribution in [0.15, 0.2) is 0 Å². The van der Waals surface area contributed by atoms with Crippen molar-refractivity contribution in [2.45, 2.75) is 51.1 Å². The quantitative estimate of drug-likeness (QED) is 0.783. The molecule has 2 aliphatic rings. The van der Waals surface area contributed by atoms with E-state index < -0.39 is 17.4 Å². The Morgan fingerprint density at radius 3 is 2.67 bits per heavy atom. The first kappa shape index (κ1) is 13.3. The number of amides is 1. The Bertz CT molecular complexity index is 350. The van der Waals surface area contributed by atoms with Crippen LogP contribution in [-0.4, -0.2) is 46.6 Å². The summed E-state index contributed by atoms with van der Waals surface area (Å²) < 4.78 is 0. The summed E-state index contributed by atoms with van der Waals surface area (Å²) in [5.74, 6) is -1.11. The molecule has 18 heavy (non-hydrogen) atoms. The van der Waals surface area contributed by atoms with Crippen LogP contribution in [0.25, 0.3) is 0 Å². The van der Waals surface area contributed by atoms with Crippen LogP contribution in [0.2, 0.25) is 0 Å². The molecule has 2 N–H and O–H groups in total. The topological polar surface area (TPSA) is 69.6 Å². The lowest BCUT2D eigenvalue weighted by molar-refractivity contribution is -0.144. The van der Waals surface area contributed by atoms with Crippen LogP contribution >= 0.6 is 0 Å². The van der Waals surface area contributed by atoms with Crippen molar-refractivity contribution in [3.05, 3.63) is 0 Å². The van der Waals surface area contributed by atoms with Crippen molar-refractivity contribution in [2.24, 2.45) is 5.92 Å². The van der Waals surface area contributed by atoms with Crippen molar-refractivity contribution < 1.29 is 14.7 Å². The zero-order valence-corrected chi connectivity index (χ0v) is 11.1. The zero-order valence-electron chi connectivity index (χ0n) is 11.1. The molecule has 0 spiro atoms. The van der Waals surface area contributed by atoms with E-state index in [0.29, 0.717) is 13.0 Å². The molecule has 0 aromatic carbocycles. The fraction of sp³-hybridized carbons (Fsp3) is 0.846. The molecule has 2 fully saturated rings. The number of likely N-dealkylation sites (tertiary alicyclic amines) is 1. The third-order valence-corrected chi connectivity index (χ3v) is 4.59. The lowest BCUT2D eigenvalue weighted by atomic mass is 9.91. The third kappa shape index (κ3) is 2.00. The monoisotopic (exact) mass is 254 g/mol. The highest BCUT2D eigenvalue weighted by atomic mass is 16.4. The Labute approximate surface area is 108 Å². The van der Waals surface area contributed by atoms with E-state index in [1.165, 1.54) is 0 Å². The highest BCUT2D eigenvalue weighted by Gasteiger charge is 2.47. The molecule has 2 heterocycles.